The zero-order chi connectivity index (χ0) is 13.9. The van der Waals surface area contributed by atoms with E-state index in [2.05, 4.69) is 22.4 Å². The Labute approximate surface area is 118 Å². The predicted octanol–water partition coefficient (Wildman–Crippen LogP) is 2.55. The zero-order valence-electron chi connectivity index (χ0n) is 11.4. The number of hydrogen-bond acceptors (Lipinski definition) is 4. The summed E-state index contributed by atoms with van der Waals surface area (Å²) in [5, 5.41) is 13.9. The van der Waals surface area contributed by atoms with Gasteiger partial charge in [-0.1, -0.05) is 18.2 Å². The monoisotopic (exact) mass is 270 g/mol. The van der Waals surface area contributed by atoms with E-state index in [0.29, 0.717) is 5.88 Å². The minimum absolute atomic E-state index is 0.0140. The number of fused-ring (bicyclic) bond motifs is 1. The van der Waals surface area contributed by atoms with E-state index in [1.54, 1.807) is 19.4 Å². The minimum atomic E-state index is -0.568. The summed E-state index contributed by atoms with van der Waals surface area (Å²) in [5.41, 5.74) is 3.23. The van der Waals surface area contributed by atoms with Crippen molar-refractivity contribution in [2.75, 3.05) is 12.4 Å². The van der Waals surface area contributed by atoms with Gasteiger partial charge in [0.05, 0.1) is 13.2 Å². The van der Waals surface area contributed by atoms with Gasteiger partial charge in [0.1, 0.15) is 6.10 Å². The molecule has 4 nitrogen and oxygen atoms in total. The maximum absolute atomic E-state index is 10.5. The van der Waals surface area contributed by atoms with Gasteiger partial charge in [0, 0.05) is 23.5 Å². The van der Waals surface area contributed by atoms with Crippen LogP contribution in [0.5, 0.6) is 5.88 Å². The molecule has 0 aliphatic carbocycles. The topological polar surface area (TPSA) is 54.4 Å². The lowest BCUT2D eigenvalue weighted by molar-refractivity contribution is 0.148. The highest BCUT2D eigenvalue weighted by molar-refractivity contribution is 5.54. The van der Waals surface area contributed by atoms with Gasteiger partial charge in [-0.05, 0) is 30.5 Å². The van der Waals surface area contributed by atoms with Crippen molar-refractivity contribution in [2.45, 2.75) is 25.0 Å². The number of benzene rings is 1. The van der Waals surface area contributed by atoms with Crippen LogP contribution >= 0.6 is 0 Å². The molecule has 2 aromatic rings. The lowest BCUT2D eigenvalue weighted by atomic mass is 9.92. The number of aryl methyl sites for hydroxylation is 1. The first kappa shape index (κ1) is 12.9. The van der Waals surface area contributed by atoms with E-state index >= 15 is 0 Å². The molecule has 0 spiro atoms. The third-order valence-corrected chi connectivity index (χ3v) is 3.77. The second-order valence-corrected chi connectivity index (χ2v) is 5.03. The van der Waals surface area contributed by atoms with Crippen LogP contribution < -0.4 is 10.1 Å². The van der Waals surface area contributed by atoms with Crippen molar-refractivity contribution in [3.05, 3.63) is 53.7 Å². The van der Waals surface area contributed by atoms with Crippen LogP contribution in [-0.2, 0) is 6.42 Å². The van der Waals surface area contributed by atoms with E-state index in [1.165, 1.54) is 5.56 Å². The lowest BCUT2D eigenvalue weighted by Gasteiger charge is -2.30. The van der Waals surface area contributed by atoms with Crippen LogP contribution in [0.2, 0.25) is 0 Å². The fraction of sp³-hybridized carbons (Fsp3) is 0.312. The molecule has 20 heavy (non-hydrogen) atoms. The predicted molar refractivity (Wildman–Crippen MR) is 77.9 cm³/mol. The molecule has 2 heterocycles. The lowest BCUT2D eigenvalue weighted by Crippen LogP contribution is -2.31. The standard InChI is InChI=1S/C16H18N2O2/c1-20-15-9-7-12(10-17-15)16(19)14-8-6-11-4-2-3-5-13(11)18-14/h2-5,7,9-10,14,16,18-19H,6,8H2,1H3. The summed E-state index contributed by atoms with van der Waals surface area (Å²) in [6.45, 7) is 0. The molecule has 104 valence electrons. The first-order chi connectivity index (χ1) is 9.78. The van der Waals surface area contributed by atoms with Crippen LogP contribution in [0, 0.1) is 0 Å². The average molecular weight is 270 g/mol. The van der Waals surface area contributed by atoms with E-state index < -0.39 is 6.10 Å². The van der Waals surface area contributed by atoms with Gasteiger partial charge in [-0.2, -0.15) is 0 Å². The van der Waals surface area contributed by atoms with E-state index in [4.69, 9.17) is 4.74 Å². The first-order valence-electron chi connectivity index (χ1n) is 6.80. The van der Waals surface area contributed by atoms with Crippen molar-refractivity contribution in [1.29, 1.82) is 0 Å². The summed E-state index contributed by atoms with van der Waals surface area (Å²) in [5.74, 6) is 0.558. The number of aromatic nitrogens is 1. The van der Waals surface area contributed by atoms with Crippen LogP contribution in [0.25, 0.3) is 0 Å². The van der Waals surface area contributed by atoms with Crippen molar-refractivity contribution in [1.82, 2.24) is 4.98 Å². The van der Waals surface area contributed by atoms with E-state index in [1.807, 2.05) is 18.2 Å². The number of hydrogen-bond donors (Lipinski definition) is 2. The minimum Gasteiger partial charge on any atom is -0.481 e. The largest absolute Gasteiger partial charge is 0.481 e. The van der Waals surface area contributed by atoms with E-state index in [0.717, 1.165) is 24.1 Å². The van der Waals surface area contributed by atoms with Crippen molar-refractivity contribution in [3.63, 3.8) is 0 Å². The number of aliphatic hydroxyl groups is 1. The molecule has 0 fully saturated rings. The van der Waals surface area contributed by atoms with Gasteiger partial charge in [-0.15, -0.1) is 0 Å². The Morgan fingerprint density at radius 2 is 2.15 bits per heavy atom. The molecule has 3 rings (SSSR count). The molecule has 4 heteroatoms. The molecule has 2 N–H and O–H groups in total. The SMILES string of the molecule is COc1ccc(C(O)C2CCc3ccccc3N2)cn1. The van der Waals surface area contributed by atoms with Crippen LogP contribution in [0.1, 0.15) is 23.7 Å². The molecular weight excluding hydrogens is 252 g/mol. The van der Waals surface area contributed by atoms with Crippen molar-refractivity contribution in [3.8, 4) is 5.88 Å². The highest BCUT2D eigenvalue weighted by atomic mass is 16.5. The van der Waals surface area contributed by atoms with Gasteiger partial charge in [-0.3, -0.25) is 0 Å². The normalized spacial score (nSPS) is 18.8. The third-order valence-electron chi connectivity index (χ3n) is 3.77. The number of nitrogens with zero attached hydrogens (tertiary/aromatic N) is 1. The fourth-order valence-corrected chi connectivity index (χ4v) is 2.62. The quantitative estimate of drug-likeness (QED) is 0.900. The summed E-state index contributed by atoms with van der Waals surface area (Å²) in [7, 11) is 1.58. The molecule has 2 unspecified atom stereocenters. The molecule has 0 amide bonds. The number of anilines is 1. The van der Waals surface area contributed by atoms with Gasteiger partial charge in [-0.25, -0.2) is 4.98 Å². The fourth-order valence-electron chi connectivity index (χ4n) is 2.62. The highest BCUT2D eigenvalue weighted by Gasteiger charge is 2.25. The molecule has 2 atom stereocenters. The van der Waals surface area contributed by atoms with E-state index in [9.17, 15) is 5.11 Å². The Hall–Kier alpha value is -2.07. The summed E-state index contributed by atoms with van der Waals surface area (Å²) in [6, 6.07) is 11.9. The van der Waals surface area contributed by atoms with E-state index in [-0.39, 0.29) is 6.04 Å². The molecule has 1 aliphatic rings. The van der Waals surface area contributed by atoms with Crippen LogP contribution in [-0.4, -0.2) is 23.2 Å². The second-order valence-electron chi connectivity index (χ2n) is 5.03. The number of pyridine rings is 1. The van der Waals surface area contributed by atoms with Gasteiger partial charge >= 0.3 is 0 Å². The van der Waals surface area contributed by atoms with Crippen molar-refractivity contribution < 1.29 is 9.84 Å². The number of methoxy groups -OCH3 is 1. The molecule has 0 bridgehead atoms. The summed E-state index contributed by atoms with van der Waals surface area (Å²) in [4.78, 5) is 4.15. The van der Waals surface area contributed by atoms with Gasteiger partial charge in [0.25, 0.3) is 0 Å². The molecule has 0 saturated carbocycles. The Morgan fingerprint density at radius 1 is 1.30 bits per heavy atom. The first-order valence-corrected chi connectivity index (χ1v) is 6.80. The van der Waals surface area contributed by atoms with Crippen molar-refractivity contribution in [2.24, 2.45) is 0 Å². The Morgan fingerprint density at radius 3 is 2.90 bits per heavy atom. The zero-order valence-corrected chi connectivity index (χ0v) is 11.4. The van der Waals surface area contributed by atoms with Crippen LogP contribution in [0.4, 0.5) is 5.69 Å². The second kappa shape index (κ2) is 5.51. The maximum atomic E-state index is 10.5. The Kier molecular flexibility index (Phi) is 3.56. The van der Waals surface area contributed by atoms with Gasteiger partial charge in [0.15, 0.2) is 0 Å². The summed E-state index contributed by atoms with van der Waals surface area (Å²) < 4.78 is 5.03. The van der Waals surface area contributed by atoms with Crippen LogP contribution in [0.15, 0.2) is 42.6 Å². The smallest absolute Gasteiger partial charge is 0.212 e. The Bertz CT molecular complexity index is 583. The molecular formula is C16H18N2O2. The summed E-state index contributed by atoms with van der Waals surface area (Å²) in [6.07, 6.45) is 2.99. The summed E-state index contributed by atoms with van der Waals surface area (Å²) >= 11 is 0. The molecule has 0 radical (unpaired) electrons. The Balaban J connectivity index is 1.76. The molecule has 1 aliphatic heterocycles. The number of rotatable bonds is 3. The number of aliphatic hydroxyl groups excluding tert-OH is 1. The van der Waals surface area contributed by atoms with Crippen LogP contribution in [0.3, 0.4) is 0 Å². The average Bonchev–Trinajstić information content (AvgIpc) is 2.54. The maximum Gasteiger partial charge on any atom is 0.212 e. The highest BCUT2D eigenvalue weighted by Crippen LogP contribution is 2.30. The molecule has 1 aromatic carbocycles. The van der Waals surface area contributed by atoms with Gasteiger partial charge < -0.3 is 15.2 Å². The third kappa shape index (κ3) is 2.47. The molecule has 1 aromatic heterocycles. The number of nitrogens with one attached hydrogen (secondary N) is 1. The molecule has 0 saturated heterocycles. The number of ether oxygens (including phenoxy) is 1. The van der Waals surface area contributed by atoms with Crippen molar-refractivity contribution >= 4 is 5.69 Å². The van der Waals surface area contributed by atoms with Gasteiger partial charge in [0.2, 0.25) is 5.88 Å². The number of para-hydroxylation sites is 1.